The van der Waals surface area contributed by atoms with Gasteiger partial charge in [-0.05, 0) is 38.5 Å². The Morgan fingerprint density at radius 2 is 1.74 bits per heavy atom. The number of hydrogen-bond donors (Lipinski definition) is 3. The van der Waals surface area contributed by atoms with Crippen molar-refractivity contribution in [3.8, 4) is 0 Å². The van der Waals surface area contributed by atoms with Crippen molar-refractivity contribution in [3.05, 3.63) is 29.8 Å². The van der Waals surface area contributed by atoms with E-state index in [1.165, 1.54) is 0 Å². The van der Waals surface area contributed by atoms with E-state index in [9.17, 15) is 8.42 Å². The first-order valence-electron chi connectivity index (χ1n) is 6.44. The van der Waals surface area contributed by atoms with E-state index in [4.69, 9.17) is 5.73 Å². The van der Waals surface area contributed by atoms with E-state index in [2.05, 4.69) is 10.9 Å². The lowest BCUT2D eigenvalue weighted by Gasteiger charge is -2.17. The Morgan fingerprint density at radius 1 is 1.16 bits per heavy atom. The zero-order valence-corrected chi connectivity index (χ0v) is 12.2. The molecule has 19 heavy (non-hydrogen) atoms. The van der Waals surface area contributed by atoms with Crippen molar-refractivity contribution in [2.24, 2.45) is 5.73 Å². The smallest absolute Gasteiger partial charge is 0.180 e. The average molecular weight is 283 g/mol. The van der Waals surface area contributed by atoms with Gasteiger partial charge in [0.25, 0.3) is 0 Å². The summed E-state index contributed by atoms with van der Waals surface area (Å²) >= 11 is 0. The molecule has 0 saturated carbocycles. The molecule has 1 saturated heterocycles. The molecular weight excluding hydrogens is 262 g/mol. The topological polar surface area (TPSA) is 84.2 Å². The SMILES string of the molecule is CC1NNC(c2ccc(S(=O)(=O)C(C)C)cc2)C1N. The van der Waals surface area contributed by atoms with Crippen LogP contribution in [0.15, 0.2) is 29.2 Å². The van der Waals surface area contributed by atoms with Crippen LogP contribution in [0.4, 0.5) is 0 Å². The zero-order chi connectivity index (χ0) is 14.2. The van der Waals surface area contributed by atoms with Gasteiger partial charge in [0, 0.05) is 12.1 Å². The summed E-state index contributed by atoms with van der Waals surface area (Å²) in [5.41, 5.74) is 13.3. The van der Waals surface area contributed by atoms with E-state index in [0.29, 0.717) is 4.90 Å². The van der Waals surface area contributed by atoms with Crippen LogP contribution in [0.1, 0.15) is 32.4 Å². The van der Waals surface area contributed by atoms with Crippen LogP contribution < -0.4 is 16.6 Å². The van der Waals surface area contributed by atoms with Gasteiger partial charge in [0.15, 0.2) is 9.84 Å². The lowest BCUT2D eigenvalue weighted by Crippen LogP contribution is -2.35. The van der Waals surface area contributed by atoms with Crippen molar-refractivity contribution >= 4 is 9.84 Å². The second-order valence-electron chi connectivity index (χ2n) is 5.30. The number of hydrogen-bond acceptors (Lipinski definition) is 5. The van der Waals surface area contributed by atoms with Crippen LogP contribution in [-0.4, -0.2) is 25.8 Å². The van der Waals surface area contributed by atoms with E-state index in [1.54, 1.807) is 26.0 Å². The van der Waals surface area contributed by atoms with Gasteiger partial charge >= 0.3 is 0 Å². The highest BCUT2D eigenvalue weighted by molar-refractivity contribution is 7.92. The fourth-order valence-corrected chi connectivity index (χ4v) is 3.20. The quantitative estimate of drug-likeness (QED) is 0.762. The van der Waals surface area contributed by atoms with Crippen molar-refractivity contribution in [2.45, 2.75) is 49.0 Å². The van der Waals surface area contributed by atoms with Crippen molar-refractivity contribution in [1.29, 1.82) is 0 Å². The van der Waals surface area contributed by atoms with Gasteiger partial charge in [0.05, 0.1) is 16.2 Å². The predicted octanol–water partition coefficient (Wildman–Crippen LogP) is 0.733. The first kappa shape index (κ1) is 14.5. The summed E-state index contributed by atoms with van der Waals surface area (Å²) in [6, 6.07) is 7.12. The van der Waals surface area contributed by atoms with Gasteiger partial charge in [-0.3, -0.25) is 5.43 Å². The molecule has 0 radical (unpaired) electrons. The number of benzene rings is 1. The Morgan fingerprint density at radius 3 is 2.16 bits per heavy atom. The van der Waals surface area contributed by atoms with E-state index in [-0.39, 0.29) is 18.1 Å². The van der Waals surface area contributed by atoms with E-state index < -0.39 is 15.1 Å². The molecule has 0 bridgehead atoms. The number of rotatable bonds is 3. The average Bonchev–Trinajstić information content (AvgIpc) is 2.70. The minimum atomic E-state index is -3.21. The summed E-state index contributed by atoms with van der Waals surface area (Å²) in [7, 11) is -3.21. The minimum absolute atomic E-state index is 0.00537. The molecule has 3 atom stereocenters. The molecule has 1 aliphatic heterocycles. The number of nitrogens with two attached hydrogens (primary N) is 1. The summed E-state index contributed by atoms with van der Waals surface area (Å²) in [5, 5.41) is -0.410. The standard InChI is InChI=1S/C13H21N3O2S/c1-8(2)19(17,18)11-6-4-10(5-7-11)13-12(14)9(3)15-16-13/h4-9,12-13,15-16H,14H2,1-3H3. The molecule has 1 aromatic carbocycles. The van der Waals surface area contributed by atoms with Gasteiger partial charge in [-0.25, -0.2) is 13.8 Å². The molecule has 1 fully saturated rings. The fraction of sp³-hybridized carbons (Fsp3) is 0.538. The molecule has 0 aromatic heterocycles. The van der Waals surface area contributed by atoms with Gasteiger partial charge in [-0.15, -0.1) is 0 Å². The Bertz CT molecular complexity index is 540. The molecule has 1 aromatic rings. The molecule has 106 valence electrons. The third kappa shape index (κ3) is 2.67. The van der Waals surface area contributed by atoms with Crippen LogP contribution in [0.5, 0.6) is 0 Å². The molecule has 1 aliphatic rings. The summed E-state index contributed by atoms with van der Waals surface area (Å²) < 4.78 is 24.1. The lowest BCUT2D eigenvalue weighted by molar-refractivity contribution is 0.549. The molecule has 2 rings (SSSR count). The van der Waals surface area contributed by atoms with Gasteiger partial charge in [-0.1, -0.05) is 12.1 Å². The monoisotopic (exact) mass is 283 g/mol. The van der Waals surface area contributed by atoms with Crippen LogP contribution >= 0.6 is 0 Å². The van der Waals surface area contributed by atoms with Crippen molar-refractivity contribution < 1.29 is 8.42 Å². The number of hydrazine groups is 1. The summed E-state index contributed by atoms with van der Waals surface area (Å²) in [6.07, 6.45) is 0. The van der Waals surface area contributed by atoms with Crippen molar-refractivity contribution in [3.63, 3.8) is 0 Å². The van der Waals surface area contributed by atoms with Gasteiger partial charge < -0.3 is 5.73 Å². The van der Waals surface area contributed by atoms with Gasteiger partial charge in [0.1, 0.15) is 0 Å². The Kier molecular flexibility index (Phi) is 3.96. The predicted molar refractivity (Wildman–Crippen MR) is 75.2 cm³/mol. The highest BCUT2D eigenvalue weighted by Crippen LogP contribution is 2.24. The van der Waals surface area contributed by atoms with Crippen LogP contribution in [-0.2, 0) is 9.84 Å². The Balaban J connectivity index is 2.25. The number of nitrogens with one attached hydrogen (secondary N) is 2. The third-order valence-electron chi connectivity index (χ3n) is 3.62. The largest absolute Gasteiger partial charge is 0.325 e. The first-order chi connectivity index (χ1) is 8.84. The summed E-state index contributed by atoms with van der Waals surface area (Å²) in [5.74, 6) is 0. The lowest BCUT2D eigenvalue weighted by atomic mass is 9.98. The van der Waals surface area contributed by atoms with Gasteiger partial charge in [-0.2, -0.15) is 0 Å². The van der Waals surface area contributed by atoms with E-state index >= 15 is 0 Å². The molecule has 0 aliphatic carbocycles. The molecule has 6 heteroatoms. The molecular formula is C13H21N3O2S. The molecule has 4 N–H and O–H groups in total. The highest BCUT2D eigenvalue weighted by atomic mass is 32.2. The van der Waals surface area contributed by atoms with Crippen LogP contribution in [0, 0.1) is 0 Å². The van der Waals surface area contributed by atoms with Crippen molar-refractivity contribution in [2.75, 3.05) is 0 Å². The minimum Gasteiger partial charge on any atom is -0.325 e. The summed E-state index contributed by atoms with van der Waals surface area (Å²) in [6.45, 7) is 5.38. The molecule has 5 nitrogen and oxygen atoms in total. The normalized spacial score (nSPS) is 27.9. The second kappa shape index (κ2) is 5.20. The summed E-state index contributed by atoms with van der Waals surface area (Å²) in [4.78, 5) is 0.360. The fourth-order valence-electron chi connectivity index (χ4n) is 2.14. The van der Waals surface area contributed by atoms with Crippen LogP contribution in [0.25, 0.3) is 0 Å². The van der Waals surface area contributed by atoms with Crippen LogP contribution in [0.3, 0.4) is 0 Å². The maximum absolute atomic E-state index is 12.0. The molecule has 1 heterocycles. The van der Waals surface area contributed by atoms with E-state index in [1.807, 2.05) is 19.1 Å². The van der Waals surface area contributed by atoms with Crippen LogP contribution in [0.2, 0.25) is 0 Å². The Labute approximate surface area is 114 Å². The number of sulfone groups is 1. The van der Waals surface area contributed by atoms with Gasteiger partial charge in [0.2, 0.25) is 0 Å². The maximum atomic E-state index is 12.0. The zero-order valence-electron chi connectivity index (χ0n) is 11.4. The van der Waals surface area contributed by atoms with E-state index in [0.717, 1.165) is 5.56 Å². The Hall–Kier alpha value is -0.950. The molecule has 0 amide bonds. The maximum Gasteiger partial charge on any atom is 0.180 e. The molecule has 0 spiro atoms. The molecule has 3 unspecified atom stereocenters. The highest BCUT2D eigenvalue weighted by Gasteiger charge is 2.31. The first-order valence-corrected chi connectivity index (χ1v) is 7.99. The second-order valence-corrected chi connectivity index (χ2v) is 7.80. The third-order valence-corrected chi connectivity index (χ3v) is 5.79. The van der Waals surface area contributed by atoms with Crippen molar-refractivity contribution in [1.82, 2.24) is 10.9 Å².